The van der Waals surface area contributed by atoms with Gasteiger partial charge >= 0.3 is 0 Å². The summed E-state index contributed by atoms with van der Waals surface area (Å²) < 4.78 is 1.83. The number of rotatable bonds is 5. The normalized spacial score (nSPS) is 10.4. The molecule has 0 aliphatic rings. The van der Waals surface area contributed by atoms with Crippen molar-refractivity contribution in [2.75, 3.05) is 11.9 Å². The zero-order chi connectivity index (χ0) is 13.8. The number of hydrogen-bond donors (Lipinski definition) is 1. The number of nitrogens with zero attached hydrogens (tertiary/aromatic N) is 4. The molecule has 0 saturated carbocycles. The smallest absolute Gasteiger partial charge is 0.290 e. The fourth-order valence-electron chi connectivity index (χ4n) is 1.73. The van der Waals surface area contributed by atoms with Crippen LogP contribution in [0, 0.1) is 24.0 Å². The van der Waals surface area contributed by atoms with Gasteiger partial charge in [-0.1, -0.05) is 0 Å². The fourth-order valence-corrected chi connectivity index (χ4v) is 1.73. The zero-order valence-electron chi connectivity index (χ0n) is 10.8. The Balaban J connectivity index is 1.93. The zero-order valence-corrected chi connectivity index (χ0v) is 10.8. The highest BCUT2D eigenvalue weighted by Crippen LogP contribution is 2.17. The lowest BCUT2D eigenvalue weighted by atomic mass is 10.3. The number of aromatic nitrogens is 3. The molecule has 0 aromatic carbocycles. The van der Waals surface area contributed by atoms with E-state index < -0.39 is 4.92 Å². The van der Waals surface area contributed by atoms with Crippen molar-refractivity contribution in [1.29, 1.82) is 0 Å². The molecule has 2 aromatic heterocycles. The Morgan fingerprint density at radius 1 is 1.42 bits per heavy atom. The molecule has 100 valence electrons. The van der Waals surface area contributed by atoms with Gasteiger partial charge in [0.25, 0.3) is 5.69 Å². The minimum Gasteiger partial charge on any atom is -0.368 e. The number of aryl methyl sites for hydroxylation is 2. The largest absolute Gasteiger partial charge is 0.368 e. The van der Waals surface area contributed by atoms with E-state index in [0.29, 0.717) is 24.6 Å². The van der Waals surface area contributed by atoms with E-state index in [1.54, 1.807) is 19.2 Å². The summed E-state index contributed by atoms with van der Waals surface area (Å²) >= 11 is 0. The first-order valence-corrected chi connectivity index (χ1v) is 5.91. The van der Waals surface area contributed by atoms with Crippen LogP contribution in [0.2, 0.25) is 0 Å². The van der Waals surface area contributed by atoms with Gasteiger partial charge in [-0.25, -0.2) is 4.98 Å². The lowest BCUT2D eigenvalue weighted by Gasteiger charge is -2.06. The second-order valence-electron chi connectivity index (χ2n) is 4.27. The molecule has 0 bridgehead atoms. The molecule has 0 atom stereocenters. The molecule has 0 saturated heterocycles. The minimum absolute atomic E-state index is 0.0354. The maximum Gasteiger partial charge on any atom is 0.290 e. The van der Waals surface area contributed by atoms with Gasteiger partial charge < -0.3 is 5.32 Å². The highest BCUT2D eigenvalue weighted by atomic mass is 16.6. The molecule has 7 nitrogen and oxygen atoms in total. The monoisotopic (exact) mass is 261 g/mol. The van der Waals surface area contributed by atoms with Gasteiger partial charge in [-0.05, 0) is 25.5 Å². The Kier molecular flexibility index (Phi) is 3.74. The molecule has 7 heteroatoms. The Bertz CT molecular complexity index is 594. The third-order valence-corrected chi connectivity index (χ3v) is 2.66. The van der Waals surface area contributed by atoms with E-state index in [1.807, 2.05) is 17.8 Å². The van der Waals surface area contributed by atoms with E-state index in [-0.39, 0.29) is 5.69 Å². The average molecular weight is 261 g/mol. The Morgan fingerprint density at radius 3 is 2.79 bits per heavy atom. The van der Waals surface area contributed by atoms with Gasteiger partial charge in [0.05, 0.1) is 17.7 Å². The molecule has 1 N–H and O–H groups in total. The molecule has 0 amide bonds. The maximum atomic E-state index is 10.7. The summed E-state index contributed by atoms with van der Waals surface area (Å²) in [7, 11) is 0. The van der Waals surface area contributed by atoms with Crippen LogP contribution in [0.25, 0.3) is 0 Å². The molecule has 2 aromatic rings. The van der Waals surface area contributed by atoms with Gasteiger partial charge in [-0.15, -0.1) is 0 Å². The molecule has 0 spiro atoms. The maximum absolute atomic E-state index is 10.7. The van der Waals surface area contributed by atoms with Crippen molar-refractivity contribution < 1.29 is 4.92 Å². The first kappa shape index (κ1) is 13.0. The number of pyridine rings is 1. The van der Waals surface area contributed by atoms with Crippen LogP contribution >= 0.6 is 0 Å². The van der Waals surface area contributed by atoms with Crippen molar-refractivity contribution in [2.45, 2.75) is 20.4 Å². The molecule has 2 heterocycles. The summed E-state index contributed by atoms with van der Waals surface area (Å²) in [5.41, 5.74) is 1.56. The van der Waals surface area contributed by atoms with Crippen LogP contribution in [0.15, 0.2) is 24.5 Å². The summed E-state index contributed by atoms with van der Waals surface area (Å²) in [4.78, 5) is 14.4. The van der Waals surface area contributed by atoms with Crippen LogP contribution in [-0.4, -0.2) is 26.2 Å². The lowest BCUT2D eigenvalue weighted by molar-refractivity contribution is -0.385. The van der Waals surface area contributed by atoms with Gasteiger partial charge in [0.2, 0.25) is 0 Å². The van der Waals surface area contributed by atoms with Gasteiger partial charge in [0, 0.05) is 18.8 Å². The van der Waals surface area contributed by atoms with E-state index in [0.717, 1.165) is 5.56 Å². The standard InChI is InChI=1S/C12H15N5O2/c1-9-7-14-16(8-9)6-5-13-12-4-3-11(17(18)19)10(2)15-12/h3-4,7-8H,5-6H2,1-2H3,(H,13,15). The van der Waals surface area contributed by atoms with Gasteiger partial charge in [0.1, 0.15) is 11.5 Å². The SMILES string of the molecule is Cc1cnn(CCNc2ccc([N+](=O)[O-])c(C)n2)c1. The topological polar surface area (TPSA) is 85.9 Å². The Labute approximate surface area is 110 Å². The summed E-state index contributed by atoms with van der Waals surface area (Å²) in [5, 5.41) is 18.0. The molecular formula is C12H15N5O2. The second kappa shape index (κ2) is 5.47. The molecule has 0 fully saturated rings. The average Bonchev–Trinajstić information content (AvgIpc) is 2.75. The summed E-state index contributed by atoms with van der Waals surface area (Å²) in [6.07, 6.45) is 3.75. The third-order valence-electron chi connectivity index (χ3n) is 2.66. The number of nitro groups is 1. The number of anilines is 1. The van der Waals surface area contributed by atoms with Crippen molar-refractivity contribution in [3.8, 4) is 0 Å². The van der Waals surface area contributed by atoms with E-state index in [4.69, 9.17) is 0 Å². The molecule has 0 aliphatic heterocycles. The van der Waals surface area contributed by atoms with E-state index in [2.05, 4.69) is 15.4 Å². The minimum atomic E-state index is -0.432. The molecule has 0 unspecified atom stereocenters. The van der Waals surface area contributed by atoms with Crippen molar-refractivity contribution in [3.63, 3.8) is 0 Å². The molecular weight excluding hydrogens is 246 g/mol. The third kappa shape index (κ3) is 3.27. The predicted octanol–water partition coefficient (Wildman–Crippen LogP) is 1.92. The quantitative estimate of drug-likeness (QED) is 0.656. The van der Waals surface area contributed by atoms with Crippen molar-refractivity contribution >= 4 is 11.5 Å². The van der Waals surface area contributed by atoms with Crippen molar-refractivity contribution in [1.82, 2.24) is 14.8 Å². The Morgan fingerprint density at radius 2 is 2.21 bits per heavy atom. The number of nitrogens with one attached hydrogen (secondary N) is 1. The van der Waals surface area contributed by atoms with Crippen LogP contribution in [-0.2, 0) is 6.54 Å². The van der Waals surface area contributed by atoms with Crippen LogP contribution < -0.4 is 5.32 Å². The second-order valence-corrected chi connectivity index (χ2v) is 4.27. The highest BCUT2D eigenvalue weighted by molar-refractivity contribution is 5.44. The van der Waals surface area contributed by atoms with Crippen LogP contribution in [0.5, 0.6) is 0 Å². The van der Waals surface area contributed by atoms with Gasteiger partial charge in [-0.3, -0.25) is 14.8 Å². The van der Waals surface area contributed by atoms with Crippen LogP contribution in [0.4, 0.5) is 11.5 Å². The van der Waals surface area contributed by atoms with Crippen LogP contribution in [0.3, 0.4) is 0 Å². The summed E-state index contributed by atoms with van der Waals surface area (Å²) in [6.45, 7) is 4.98. The van der Waals surface area contributed by atoms with E-state index in [9.17, 15) is 10.1 Å². The lowest BCUT2D eigenvalue weighted by Crippen LogP contribution is -2.12. The van der Waals surface area contributed by atoms with E-state index in [1.165, 1.54) is 6.07 Å². The van der Waals surface area contributed by atoms with Crippen molar-refractivity contribution in [2.24, 2.45) is 0 Å². The van der Waals surface area contributed by atoms with E-state index >= 15 is 0 Å². The van der Waals surface area contributed by atoms with Gasteiger partial charge in [-0.2, -0.15) is 5.10 Å². The van der Waals surface area contributed by atoms with Crippen molar-refractivity contribution in [3.05, 3.63) is 45.9 Å². The number of hydrogen-bond acceptors (Lipinski definition) is 5. The molecule has 19 heavy (non-hydrogen) atoms. The summed E-state index contributed by atoms with van der Waals surface area (Å²) in [6, 6.07) is 3.07. The van der Waals surface area contributed by atoms with Crippen LogP contribution in [0.1, 0.15) is 11.3 Å². The van der Waals surface area contributed by atoms with Gasteiger partial charge in [0.15, 0.2) is 0 Å². The molecule has 2 rings (SSSR count). The molecule has 0 aliphatic carbocycles. The summed E-state index contributed by atoms with van der Waals surface area (Å²) in [5.74, 6) is 0.631. The predicted molar refractivity (Wildman–Crippen MR) is 71.1 cm³/mol. The Hall–Kier alpha value is -2.44. The fraction of sp³-hybridized carbons (Fsp3) is 0.333. The highest BCUT2D eigenvalue weighted by Gasteiger charge is 2.11. The first-order chi connectivity index (χ1) is 9.06. The first-order valence-electron chi connectivity index (χ1n) is 5.91. The molecule has 0 radical (unpaired) electrons.